The molecule has 19 heavy (non-hydrogen) atoms. The molecule has 0 saturated carbocycles. The molecule has 0 amide bonds. The number of rotatable bonds is 6. The number of aromatic nitrogens is 1. The third kappa shape index (κ3) is 4.54. The SMILES string of the molecule is CCOC(=O)c1ccc(NCC(C)(C)C(C)C)nc1. The highest BCUT2D eigenvalue weighted by atomic mass is 16.5. The molecule has 0 saturated heterocycles. The molecule has 1 N–H and O–H groups in total. The van der Waals surface area contributed by atoms with E-state index in [4.69, 9.17) is 4.74 Å². The van der Waals surface area contributed by atoms with E-state index < -0.39 is 0 Å². The first-order valence-electron chi connectivity index (χ1n) is 6.74. The van der Waals surface area contributed by atoms with E-state index in [0.717, 1.165) is 12.4 Å². The molecule has 1 rings (SSSR count). The van der Waals surface area contributed by atoms with Crippen LogP contribution in [-0.2, 0) is 4.74 Å². The first-order valence-corrected chi connectivity index (χ1v) is 6.74. The Labute approximate surface area is 115 Å². The summed E-state index contributed by atoms with van der Waals surface area (Å²) in [5, 5.41) is 3.30. The van der Waals surface area contributed by atoms with Crippen LogP contribution in [0.1, 0.15) is 45.0 Å². The van der Waals surface area contributed by atoms with Gasteiger partial charge in [-0.2, -0.15) is 0 Å². The molecule has 0 aliphatic rings. The number of hydrogen-bond donors (Lipinski definition) is 1. The minimum atomic E-state index is -0.330. The molecular formula is C15H24N2O2. The molecule has 0 fully saturated rings. The number of anilines is 1. The molecule has 0 aliphatic carbocycles. The van der Waals surface area contributed by atoms with E-state index in [-0.39, 0.29) is 11.4 Å². The average Bonchev–Trinajstić information content (AvgIpc) is 2.37. The smallest absolute Gasteiger partial charge is 0.339 e. The van der Waals surface area contributed by atoms with Gasteiger partial charge in [-0.1, -0.05) is 27.7 Å². The van der Waals surface area contributed by atoms with Crippen LogP contribution in [0.4, 0.5) is 5.82 Å². The van der Waals surface area contributed by atoms with Crippen LogP contribution in [0, 0.1) is 11.3 Å². The van der Waals surface area contributed by atoms with E-state index in [2.05, 4.69) is 38.0 Å². The maximum Gasteiger partial charge on any atom is 0.339 e. The number of carbonyl (C=O) groups is 1. The Kier molecular flexibility index (Phi) is 5.33. The molecule has 4 heteroatoms. The van der Waals surface area contributed by atoms with Gasteiger partial charge >= 0.3 is 5.97 Å². The van der Waals surface area contributed by atoms with Gasteiger partial charge < -0.3 is 10.1 Å². The van der Waals surface area contributed by atoms with Crippen molar-refractivity contribution in [2.45, 2.75) is 34.6 Å². The molecule has 1 aromatic rings. The summed E-state index contributed by atoms with van der Waals surface area (Å²) in [6.45, 7) is 11.9. The van der Waals surface area contributed by atoms with Gasteiger partial charge in [0, 0.05) is 12.7 Å². The predicted molar refractivity (Wildman–Crippen MR) is 77.3 cm³/mol. The Hall–Kier alpha value is -1.58. The summed E-state index contributed by atoms with van der Waals surface area (Å²) in [6, 6.07) is 3.54. The normalized spacial score (nSPS) is 11.5. The molecule has 0 aromatic carbocycles. The quantitative estimate of drug-likeness (QED) is 0.800. The third-order valence-electron chi connectivity index (χ3n) is 3.56. The van der Waals surface area contributed by atoms with Crippen molar-refractivity contribution >= 4 is 11.8 Å². The molecule has 1 heterocycles. The summed E-state index contributed by atoms with van der Waals surface area (Å²) >= 11 is 0. The maximum absolute atomic E-state index is 11.5. The van der Waals surface area contributed by atoms with Gasteiger partial charge in [0.15, 0.2) is 0 Å². The van der Waals surface area contributed by atoms with Gasteiger partial charge in [-0.3, -0.25) is 0 Å². The maximum atomic E-state index is 11.5. The van der Waals surface area contributed by atoms with Crippen LogP contribution >= 0.6 is 0 Å². The van der Waals surface area contributed by atoms with Gasteiger partial charge in [0.2, 0.25) is 0 Å². The van der Waals surface area contributed by atoms with Gasteiger partial charge in [-0.05, 0) is 30.4 Å². The summed E-state index contributed by atoms with van der Waals surface area (Å²) in [5.41, 5.74) is 0.678. The molecule has 0 atom stereocenters. The summed E-state index contributed by atoms with van der Waals surface area (Å²) in [5.74, 6) is 1.03. The highest BCUT2D eigenvalue weighted by Crippen LogP contribution is 2.26. The Morgan fingerprint density at radius 2 is 2.11 bits per heavy atom. The van der Waals surface area contributed by atoms with Crippen LogP contribution in [0.5, 0.6) is 0 Å². The fraction of sp³-hybridized carbons (Fsp3) is 0.600. The summed E-state index contributed by atoms with van der Waals surface area (Å²) in [7, 11) is 0. The lowest BCUT2D eigenvalue weighted by Crippen LogP contribution is -2.28. The Balaban J connectivity index is 2.60. The van der Waals surface area contributed by atoms with Gasteiger partial charge in [-0.25, -0.2) is 9.78 Å². The number of pyridine rings is 1. The zero-order valence-corrected chi connectivity index (χ0v) is 12.5. The Morgan fingerprint density at radius 3 is 2.58 bits per heavy atom. The van der Waals surface area contributed by atoms with Gasteiger partial charge in [-0.15, -0.1) is 0 Å². The lowest BCUT2D eigenvalue weighted by Gasteiger charge is -2.29. The lowest BCUT2D eigenvalue weighted by atomic mass is 9.81. The summed E-state index contributed by atoms with van der Waals surface area (Å²) in [6.07, 6.45) is 1.54. The minimum Gasteiger partial charge on any atom is -0.462 e. The van der Waals surface area contributed by atoms with Gasteiger partial charge in [0.05, 0.1) is 12.2 Å². The van der Waals surface area contributed by atoms with Crippen LogP contribution in [0.2, 0.25) is 0 Å². The van der Waals surface area contributed by atoms with Crippen molar-refractivity contribution in [1.29, 1.82) is 0 Å². The highest BCUT2D eigenvalue weighted by molar-refractivity contribution is 5.89. The van der Waals surface area contributed by atoms with E-state index >= 15 is 0 Å². The molecule has 0 bridgehead atoms. The van der Waals surface area contributed by atoms with Crippen molar-refractivity contribution in [3.05, 3.63) is 23.9 Å². The number of nitrogens with zero attached hydrogens (tertiary/aromatic N) is 1. The Morgan fingerprint density at radius 1 is 1.42 bits per heavy atom. The van der Waals surface area contributed by atoms with E-state index in [1.54, 1.807) is 19.2 Å². The van der Waals surface area contributed by atoms with Crippen LogP contribution in [0.3, 0.4) is 0 Å². The van der Waals surface area contributed by atoms with E-state index in [1.807, 2.05) is 6.07 Å². The number of hydrogen-bond acceptors (Lipinski definition) is 4. The molecular weight excluding hydrogens is 240 g/mol. The van der Waals surface area contributed by atoms with Crippen LogP contribution < -0.4 is 5.32 Å². The number of nitrogens with one attached hydrogen (secondary N) is 1. The molecule has 0 radical (unpaired) electrons. The van der Waals surface area contributed by atoms with Crippen molar-refractivity contribution in [3.8, 4) is 0 Å². The van der Waals surface area contributed by atoms with Gasteiger partial charge in [0.25, 0.3) is 0 Å². The first kappa shape index (κ1) is 15.5. The van der Waals surface area contributed by atoms with Crippen molar-refractivity contribution in [2.24, 2.45) is 11.3 Å². The van der Waals surface area contributed by atoms with Crippen molar-refractivity contribution < 1.29 is 9.53 Å². The Bertz CT molecular complexity index is 411. The predicted octanol–water partition coefficient (Wildman–Crippen LogP) is 3.35. The van der Waals surface area contributed by atoms with Crippen LogP contribution in [0.25, 0.3) is 0 Å². The van der Waals surface area contributed by atoms with Crippen molar-refractivity contribution in [1.82, 2.24) is 4.98 Å². The van der Waals surface area contributed by atoms with E-state index in [9.17, 15) is 4.79 Å². The second-order valence-corrected chi connectivity index (χ2v) is 5.65. The van der Waals surface area contributed by atoms with Crippen molar-refractivity contribution in [3.63, 3.8) is 0 Å². The number of carbonyl (C=O) groups excluding carboxylic acids is 1. The lowest BCUT2D eigenvalue weighted by molar-refractivity contribution is 0.0526. The van der Waals surface area contributed by atoms with Crippen LogP contribution in [-0.4, -0.2) is 24.1 Å². The zero-order valence-electron chi connectivity index (χ0n) is 12.5. The molecule has 106 valence electrons. The number of ether oxygens (including phenoxy) is 1. The second kappa shape index (κ2) is 6.55. The first-order chi connectivity index (χ1) is 8.86. The molecule has 0 unspecified atom stereocenters. The number of esters is 1. The molecule has 0 aliphatic heterocycles. The van der Waals surface area contributed by atoms with E-state index in [0.29, 0.717) is 18.1 Å². The average molecular weight is 264 g/mol. The van der Waals surface area contributed by atoms with Gasteiger partial charge in [0.1, 0.15) is 5.82 Å². The summed E-state index contributed by atoms with van der Waals surface area (Å²) < 4.78 is 4.91. The second-order valence-electron chi connectivity index (χ2n) is 5.65. The summed E-state index contributed by atoms with van der Waals surface area (Å²) in [4.78, 5) is 15.7. The fourth-order valence-corrected chi connectivity index (χ4v) is 1.36. The van der Waals surface area contributed by atoms with Crippen molar-refractivity contribution in [2.75, 3.05) is 18.5 Å². The van der Waals surface area contributed by atoms with Crippen LogP contribution in [0.15, 0.2) is 18.3 Å². The standard InChI is InChI=1S/C15H24N2O2/c1-6-19-14(18)12-7-8-13(16-9-12)17-10-15(4,5)11(2)3/h7-9,11H,6,10H2,1-5H3,(H,16,17). The van der Waals surface area contributed by atoms with E-state index in [1.165, 1.54) is 0 Å². The zero-order chi connectivity index (χ0) is 14.5. The monoisotopic (exact) mass is 264 g/mol. The third-order valence-corrected chi connectivity index (χ3v) is 3.56. The minimum absolute atomic E-state index is 0.196. The fourth-order valence-electron chi connectivity index (χ4n) is 1.36. The topological polar surface area (TPSA) is 51.2 Å². The highest BCUT2D eigenvalue weighted by Gasteiger charge is 2.22. The molecule has 0 spiro atoms. The molecule has 1 aromatic heterocycles. The molecule has 4 nitrogen and oxygen atoms in total. The largest absolute Gasteiger partial charge is 0.462 e.